The summed E-state index contributed by atoms with van der Waals surface area (Å²) < 4.78 is 0. The Morgan fingerprint density at radius 1 is 1.26 bits per heavy atom. The summed E-state index contributed by atoms with van der Waals surface area (Å²) in [5.41, 5.74) is 1.84. The Morgan fingerprint density at radius 2 is 1.89 bits per heavy atom. The SMILES string of the molecule is CC(NC1CCC(C)(C)CC1C)c1ccc(Cl)cc1. The van der Waals surface area contributed by atoms with E-state index in [1.54, 1.807) is 0 Å². The van der Waals surface area contributed by atoms with E-state index in [0.717, 1.165) is 10.9 Å². The Balaban J connectivity index is 1.96. The molecule has 1 aliphatic carbocycles. The van der Waals surface area contributed by atoms with Crippen LogP contribution in [0.15, 0.2) is 24.3 Å². The number of benzene rings is 1. The highest BCUT2D eigenvalue weighted by molar-refractivity contribution is 6.30. The molecule has 0 aromatic heterocycles. The highest BCUT2D eigenvalue weighted by Crippen LogP contribution is 2.39. The molecule has 3 unspecified atom stereocenters. The van der Waals surface area contributed by atoms with Gasteiger partial charge in [-0.25, -0.2) is 0 Å². The van der Waals surface area contributed by atoms with Gasteiger partial charge in [-0.05, 0) is 55.2 Å². The van der Waals surface area contributed by atoms with E-state index in [1.165, 1.54) is 24.8 Å². The molecule has 2 rings (SSSR count). The third-order valence-electron chi connectivity index (χ3n) is 4.53. The van der Waals surface area contributed by atoms with Crippen LogP contribution in [-0.2, 0) is 0 Å². The maximum Gasteiger partial charge on any atom is 0.0406 e. The van der Waals surface area contributed by atoms with Gasteiger partial charge >= 0.3 is 0 Å². The van der Waals surface area contributed by atoms with Crippen molar-refractivity contribution < 1.29 is 0 Å². The van der Waals surface area contributed by atoms with Gasteiger partial charge in [-0.2, -0.15) is 0 Å². The second-order valence-electron chi connectivity index (χ2n) is 6.93. The molecule has 0 saturated heterocycles. The zero-order chi connectivity index (χ0) is 14.0. The smallest absolute Gasteiger partial charge is 0.0406 e. The molecule has 1 aromatic carbocycles. The molecule has 0 bridgehead atoms. The summed E-state index contributed by atoms with van der Waals surface area (Å²) in [6.45, 7) is 9.41. The first kappa shape index (κ1) is 14.9. The first-order valence-electron chi connectivity index (χ1n) is 7.39. The third-order valence-corrected chi connectivity index (χ3v) is 4.78. The van der Waals surface area contributed by atoms with Crippen molar-refractivity contribution in [2.45, 2.75) is 59.0 Å². The summed E-state index contributed by atoms with van der Waals surface area (Å²) in [7, 11) is 0. The highest BCUT2D eigenvalue weighted by atomic mass is 35.5. The molecule has 1 aromatic rings. The summed E-state index contributed by atoms with van der Waals surface area (Å²) >= 11 is 5.94. The number of hydrogen-bond donors (Lipinski definition) is 1. The van der Waals surface area contributed by atoms with E-state index in [2.05, 4.69) is 45.1 Å². The summed E-state index contributed by atoms with van der Waals surface area (Å²) in [5.74, 6) is 0.749. The van der Waals surface area contributed by atoms with E-state index in [9.17, 15) is 0 Å². The predicted molar refractivity (Wildman–Crippen MR) is 83.6 cm³/mol. The van der Waals surface area contributed by atoms with Crippen molar-refractivity contribution in [1.82, 2.24) is 5.32 Å². The molecule has 1 N–H and O–H groups in total. The Bertz CT molecular complexity index is 410. The molecule has 0 amide bonds. The number of nitrogens with one attached hydrogen (secondary N) is 1. The van der Waals surface area contributed by atoms with Crippen molar-refractivity contribution in [3.8, 4) is 0 Å². The van der Waals surface area contributed by atoms with Gasteiger partial charge in [-0.3, -0.25) is 0 Å². The molecular formula is C17H26ClN. The molecule has 1 saturated carbocycles. The number of halogens is 1. The van der Waals surface area contributed by atoms with Crippen molar-refractivity contribution in [2.75, 3.05) is 0 Å². The molecule has 1 aliphatic rings. The van der Waals surface area contributed by atoms with Gasteiger partial charge in [0.1, 0.15) is 0 Å². The van der Waals surface area contributed by atoms with Crippen molar-refractivity contribution >= 4 is 11.6 Å². The second kappa shape index (κ2) is 5.85. The van der Waals surface area contributed by atoms with Crippen LogP contribution in [0.4, 0.5) is 0 Å². The molecule has 19 heavy (non-hydrogen) atoms. The van der Waals surface area contributed by atoms with E-state index in [-0.39, 0.29) is 0 Å². The fourth-order valence-electron chi connectivity index (χ4n) is 3.36. The maximum atomic E-state index is 5.94. The number of rotatable bonds is 3. The first-order chi connectivity index (χ1) is 8.87. The van der Waals surface area contributed by atoms with Gasteiger partial charge in [-0.1, -0.05) is 44.5 Å². The van der Waals surface area contributed by atoms with E-state index < -0.39 is 0 Å². The van der Waals surface area contributed by atoms with Crippen molar-refractivity contribution in [3.05, 3.63) is 34.9 Å². The van der Waals surface area contributed by atoms with Crippen molar-refractivity contribution in [1.29, 1.82) is 0 Å². The molecule has 0 aliphatic heterocycles. The summed E-state index contributed by atoms with van der Waals surface area (Å²) in [6.07, 6.45) is 3.92. The largest absolute Gasteiger partial charge is 0.307 e. The normalized spacial score (nSPS) is 28.1. The minimum Gasteiger partial charge on any atom is -0.307 e. The molecule has 0 spiro atoms. The van der Waals surface area contributed by atoms with Crippen LogP contribution in [0.2, 0.25) is 5.02 Å². The van der Waals surface area contributed by atoms with Crippen LogP contribution in [0.5, 0.6) is 0 Å². The Kier molecular flexibility index (Phi) is 4.58. The molecule has 2 heteroatoms. The molecule has 106 valence electrons. The van der Waals surface area contributed by atoms with Gasteiger partial charge in [0.05, 0.1) is 0 Å². The van der Waals surface area contributed by atoms with Gasteiger partial charge in [0.15, 0.2) is 0 Å². The third kappa shape index (κ3) is 3.97. The van der Waals surface area contributed by atoms with Crippen LogP contribution >= 0.6 is 11.6 Å². The number of hydrogen-bond acceptors (Lipinski definition) is 1. The standard InChI is InChI=1S/C17H26ClN/c1-12-11-17(3,4)10-9-16(12)19-13(2)14-5-7-15(18)8-6-14/h5-8,12-13,16,19H,9-11H2,1-4H3. The summed E-state index contributed by atoms with van der Waals surface area (Å²) in [6, 6.07) is 9.23. The van der Waals surface area contributed by atoms with Gasteiger partial charge in [0, 0.05) is 17.1 Å². The van der Waals surface area contributed by atoms with Crippen LogP contribution in [0, 0.1) is 11.3 Å². The lowest BCUT2D eigenvalue weighted by Crippen LogP contribution is -2.42. The maximum absolute atomic E-state index is 5.94. The minimum atomic E-state index is 0.394. The predicted octanol–water partition coefficient (Wildman–Crippen LogP) is 5.21. The van der Waals surface area contributed by atoms with E-state index in [1.807, 2.05) is 12.1 Å². The fourth-order valence-corrected chi connectivity index (χ4v) is 3.49. The van der Waals surface area contributed by atoms with Gasteiger partial charge in [-0.15, -0.1) is 0 Å². The lowest BCUT2D eigenvalue weighted by molar-refractivity contribution is 0.143. The molecule has 0 heterocycles. The van der Waals surface area contributed by atoms with Crippen molar-refractivity contribution in [2.24, 2.45) is 11.3 Å². The molecule has 1 nitrogen and oxygen atoms in total. The van der Waals surface area contributed by atoms with Gasteiger partial charge in [0.2, 0.25) is 0 Å². The van der Waals surface area contributed by atoms with Crippen molar-refractivity contribution in [3.63, 3.8) is 0 Å². The van der Waals surface area contributed by atoms with Crippen LogP contribution in [-0.4, -0.2) is 6.04 Å². The minimum absolute atomic E-state index is 0.394. The lowest BCUT2D eigenvalue weighted by Gasteiger charge is -2.40. The average Bonchev–Trinajstić information content (AvgIpc) is 2.33. The zero-order valence-electron chi connectivity index (χ0n) is 12.5. The van der Waals surface area contributed by atoms with Gasteiger partial charge in [0.25, 0.3) is 0 Å². The molecule has 3 atom stereocenters. The lowest BCUT2D eigenvalue weighted by atomic mass is 9.70. The average molecular weight is 280 g/mol. The van der Waals surface area contributed by atoms with E-state index in [4.69, 9.17) is 11.6 Å². The van der Waals surface area contributed by atoms with Crippen LogP contribution in [0.25, 0.3) is 0 Å². The van der Waals surface area contributed by atoms with Gasteiger partial charge < -0.3 is 5.32 Å². The topological polar surface area (TPSA) is 12.0 Å². The highest BCUT2D eigenvalue weighted by Gasteiger charge is 2.32. The monoisotopic (exact) mass is 279 g/mol. The molecule has 1 fully saturated rings. The first-order valence-corrected chi connectivity index (χ1v) is 7.77. The quantitative estimate of drug-likeness (QED) is 0.801. The van der Waals surface area contributed by atoms with Crippen LogP contribution in [0.1, 0.15) is 58.6 Å². The van der Waals surface area contributed by atoms with Crippen LogP contribution in [0.3, 0.4) is 0 Å². The summed E-state index contributed by atoms with van der Waals surface area (Å²) in [4.78, 5) is 0. The van der Waals surface area contributed by atoms with E-state index >= 15 is 0 Å². The Hall–Kier alpha value is -0.530. The van der Waals surface area contributed by atoms with E-state index in [0.29, 0.717) is 17.5 Å². The summed E-state index contributed by atoms with van der Waals surface area (Å²) in [5, 5.41) is 4.61. The Labute approximate surface area is 122 Å². The van der Waals surface area contributed by atoms with Crippen LogP contribution < -0.4 is 5.32 Å². The molecule has 0 radical (unpaired) electrons. The Morgan fingerprint density at radius 3 is 2.47 bits per heavy atom. The second-order valence-corrected chi connectivity index (χ2v) is 7.37. The fraction of sp³-hybridized carbons (Fsp3) is 0.647. The molecular weight excluding hydrogens is 254 g/mol. The zero-order valence-corrected chi connectivity index (χ0v) is 13.3.